The largest absolute Gasteiger partial charge is 0.365 e. The standard InChI is InChI=1S/C10H9BrN2O2S/c1-13-9(14)8(16-10(13)15)12-7-4-2-6(11)3-5-7/h2-5,8,12H,1H3/t8-/m0/s1. The van der Waals surface area contributed by atoms with E-state index in [4.69, 9.17) is 0 Å². The van der Waals surface area contributed by atoms with E-state index in [1.54, 1.807) is 0 Å². The first-order valence-electron chi connectivity index (χ1n) is 4.58. The minimum Gasteiger partial charge on any atom is -0.365 e. The second kappa shape index (κ2) is 4.47. The van der Waals surface area contributed by atoms with E-state index in [9.17, 15) is 9.59 Å². The van der Waals surface area contributed by atoms with Crippen molar-refractivity contribution >= 4 is 44.5 Å². The predicted octanol–water partition coefficient (Wildman–Crippen LogP) is 2.51. The Balaban J connectivity index is 2.09. The molecular weight excluding hydrogens is 292 g/mol. The average molecular weight is 301 g/mol. The minimum atomic E-state index is -0.515. The average Bonchev–Trinajstić information content (AvgIpc) is 2.50. The molecule has 2 rings (SSSR count). The van der Waals surface area contributed by atoms with Gasteiger partial charge in [-0.15, -0.1) is 0 Å². The van der Waals surface area contributed by atoms with Crippen molar-refractivity contribution in [2.45, 2.75) is 5.37 Å². The Morgan fingerprint density at radius 1 is 1.31 bits per heavy atom. The van der Waals surface area contributed by atoms with Gasteiger partial charge in [0.05, 0.1) is 0 Å². The molecule has 0 spiro atoms. The van der Waals surface area contributed by atoms with Gasteiger partial charge in [-0.05, 0) is 36.0 Å². The van der Waals surface area contributed by atoms with E-state index in [1.807, 2.05) is 24.3 Å². The maximum absolute atomic E-state index is 11.6. The lowest BCUT2D eigenvalue weighted by Crippen LogP contribution is -2.31. The zero-order valence-corrected chi connectivity index (χ0v) is 10.8. The second-order valence-corrected chi connectivity index (χ2v) is 5.28. The molecule has 1 aromatic rings. The molecule has 0 aliphatic carbocycles. The molecule has 1 fully saturated rings. The van der Waals surface area contributed by atoms with Crippen LogP contribution in [0.5, 0.6) is 0 Å². The number of amides is 2. The number of thioether (sulfide) groups is 1. The SMILES string of the molecule is CN1C(=O)S[C@H](Nc2ccc(Br)cc2)C1=O. The van der Waals surface area contributed by atoms with Crippen LogP contribution in [0.4, 0.5) is 10.5 Å². The highest BCUT2D eigenvalue weighted by Gasteiger charge is 2.36. The molecule has 4 nitrogen and oxygen atoms in total. The lowest BCUT2D eigenvalue weighted by atomic mass is 10.3. The molecule has 6 heteroatoms. The van der Waals surface area contributed by atoms with Gasteiger partial charge in [-0.1, -0.05) is 15.9 Å². The van der Waals surface area contributed by atoms with Crippen molar-refractivity contribution < 1.29 is 9.59 Å². The third-order valence-electron chi connectivity index (χ3n) is 2.19. The molecule has 1 saturated heterocycles. The molecule has 1 aliphatic rings. The summed E-state index contributed by atoms with van der Waals surface area (Å²) >= 11 is 4.32. The third kappa shape index (κ3) is 2.22. The Morgan fingerprint density at radius 3 is 2.44 bits per heavy atom. The van der Waals surface area contributed by atoms with Gasteiger partial charge in [-0.2, -0.15) is 0 Å². The molecule has 1 N–H and O–H groups in total. The van der Waals surface area contributed by atoms with Crippen LogP contribution in [0.2, 0.25) is 0 Å². The molecule has 84 valence electrons. The van der Waals surface area contributed by atoms with Gasteiger partial charge in [0.15, 0.2) is 5.37 Å². The van der Waals surface area contributed by atoms with Gasteiger partial charge < -0.3 is 5.32 Å². The number of benzene rings is 1. The van der Waals surface area contributed by atoms with Gasteiger partial charge >= 0.3 is 0 Å². The lowest BCUT2D eigenvalue weighted by Gasteiger charge is -2.11. The molecule has 1 aromatic carbocycles. The summed E-state index contributed by atoms with van der Waals surface area (Å²) in [5, 5.41) is 2.27. The smallest absolute Gasteiger partial charge is 0.290 e. The van der Waals surface area contributed by atoms with Crippen LogP contribution >= 0.6 is 27.7 Å². The van der Waals surface area contributed by atoms with Crippen molar-refractivity contribution in [2.24, 2.45) is 0 Å². The zero-order valence-electron chi connectivity index (χ0n) is 8.44. The highest BCUT2D eigenvalue weighted by molar-refractivity contribution is 9.10. The van der Waals surface area contributed by atoms with Crippen molar-refractivity contribution in [3.63, 3.8) is 0 Å². The number of hydrogen-bond acceptors (Lipinski definition) is 4. The van der Waals surface area contributed by atoms with Gasteiger partial charge in [-0.25, -0.2) is 0 Å². The molecule has 1 aliphatic heterocycles. The molecule has 1 heterocycles. The molecule has 1 atom stereocenters. The van der Waals surface area contributed by atoms with Crippen molar-refractivity contribution in [3.05, 3.63) is 28.7 Å². The summed E-state index contributed by atoms with van der Waals surface area (Å²) in [7, 11) is 1.49. The number of halogens is 1. The second-order valence-electron chi connectivity index (χ2n) is 3.31. The number of nitrogens with zero attached hydrogens (tertiary/aromatic N) is 1. The fraction of sp³-hybridized carbons (Fsp3) is 0.200. The number of nitrogens with one attached hydrogen (secondary N) is 1. The molecule has 0 unspecified atom stereocenters. The molecule has 0 saturated carbocycles. The number of anilines is 1. The molecule has 0 bridgehead atoms. The first-order chi connectivity index (χ1) is 7.58. The Labute approximate surface area is 106 Å². The monoisotopic (exact) mass is 300 g/mol. The van der Waals surface area contributed by atoms with Gasteiger partial charge in [0.2, 0.25) is 0 Å². The first kappa shape index (κ1) is 11.5. The molecule has 0 radical (unpaired) electrons. The van der Waals surface area contributed by atoms with Crippen LogP contribution in [0.15, 0.2) is 28.7 Å². The minimum absolute atomic E-state index is 0.210. The maximum atomic E-state index is 11.6. The van der Waals surface area contributed by atoms with Crippen molar-refractivity contribution in [1.82, 2.24) is 4.90 Å². The topological polar surface area (TPSA) is 49.4 Å². The number of hydrogen-bond donors (Lipinski definition) is 1. The fourth-order valence-corrected chi connectivity index (χ4v) is 2.45. The van der Waals surface area contributed by atoms with E-state index >= 15 is 0 Å². The number of likely N-dealkylation sites (N-methyl/N-ethyl adjacent to an activating group) is 1. The number of rotatable bonds is 2. The highest BCUT2D eigenvalue weighted by atomic mass is 79.9. The summed E-state index contributed by atoms with van der Waals surface area (Å²) in [6.07, 6.45) is 0. The van der Waals surface area contributed by atoms with Crippen LogP contribution in [0.3, 0.4) is 0 Å². The Kier molecular flexibility index (Phi) is 3.20. The molecule has 16 heavy (non-hydrogen) atoms. The zero-order chi connectivity index (χ0) is 11.7. The summed E-state index contributed by atoms with van der Waals surface area (Å²) < 4.78 is 0.969. The van der Waals surface area contributed by atoms with E-state index in [0.29, 0.717) is 0 Å². The lowest BCUT2D eigenvalue weighted by molar-refractivity contribution is -0.125. The van der Waals surface area contributed by atoms with Gasteiger partial charge in [0.25, 0.3) is 11.1 Å². The Bertz CT molecular complexity index is 435. The van der Waals surface area contributed by atoms with Crippen LogP contribution in [-0.2, 0) is 4.79 Å². The molecular formula is C10H9BrN2O2S. The van der Waals surface area contributed by atoms with E-state index in [1.165, 1.54) is 7.05 Å². The van der Waals surface area contributed by atoms with Crippen LogP contribution in [-0.4, -0.2) is 28.5 Å². The van der Waals surface area contributed by atoms with Gasteiger partial charge in [0, 0.05) is 17.2 Å². The van der Waals surface area contributed by atoms with Crippen LogP contribution < -0.4 is 5.32 Å². The van der Waals surface area contributed by atoms with Crippen LogP contribution in [0.25, 0.3) is 0 Å². The van der Waals surface area contributed by atoms with Crippen LogP contribution in [0, 0.1) is 0 Å². The van der Waals surface area contributed by atoms with E-state index in [-0.39, 0.29) is 11.1 Å². The van der Waals surface area contributed by atoms with Crippen molar-refractivity contribution in [2.75, 3.05) is 12.4 Å². The summed E-state index contributed by atoms with van der Waals surface area (Å²) in [4.78, 5) is 24.0. The van der Waals surface area contributed by atoms with E-state index in [0.717, 1.165) is 26.8 Å². The van der Waals surface area contributed by atoms with Crippen LogP contribution in [0.1, 0.15) is 0 Å². The van der Waals surface area contributed by atoms with E-state index < -0.39 is 5.37 Å². The fourth-order valence-electron chi connectivity index (χ4n) is 1.28. The Morgan fingerprint density at radius 2 is 1.94 bits per heavy atom. The van der Waals surface area contributed by atoms with Gasteiger partial charge in [0.1, 0.15) is 0 Å². The van der Waals surface area contributed by atoms with Crippen molar-refractivity contribution in [1.29, 1.82) is 0 Å². The summed E-state index contributed by atoms with van der Waals surface area (Å²) in [5.41, 5.74) is 0.817. The third-order valence-corrected chi connectivity index (χ3v) is 3.75. The number of carbonyl (C=O) groups is 2. The summed E-state index contributed by atoms with van der Waals surface area (Å²) in [6.45, 7) is 0. The van der Waals surface area contributed by atoms with Gasteiger partial charge in [-0.3, -0.25) is 14.5 Å². The number of imide groups is 1. The number of carbonyl (C=O) groups excluding carboxylic acids is 2. The quantitative estimate of drug-likeness (QED) is 0.912. The van der Waals surface area contributed by atoms with E-state index in [2.05, 4.69) is 21.2 Å². The Hall–Kier alpha value is -1.01. The predicted molar refractivity (Wildman–Crippen MR) is 67.3 cm³/mol. The maximum Gasteiger partial charge on any atom is 0.290 e. The summed E-state index contributed by atoms with van der Waals surface area (Å²) in [5.74, 6) is -0.210. The highest BCUT2D eigenvalue weighted by Crippen LogP contribution is 2.27. The van der Waals surface area contributed by atoms with Crippen molar-refractivity contribution in [3.8, 4) is 0 Å². The molecule has 2 amide bonds. The first-order valence-corrected chi connectivity index (χ1v) is 6.25. The molecule has 0 aromatic heterocycles. The summed E-state index contributed by atoms with van der Waals surface area (Å²) in [6, 6.07) is 7.44. The normalized spacial score (nSPS) is 20.4.